The molecule has 0 amide bonds. The number of ketones is 1. The van der Waals surface area contributed by atoms with Crippen LogP contribution in [0.1, 0.15) is 15.2 Å². The zero-order chi connectivity index (χ0) is 15.1. The van der Waals surface area contributed by atoms with Crippen LogP contribution in [0.2, 0.25) is 0 Å². The molecule has 0 bridgehead atoms. The number of carbonyl (C=O) groups is 1. The molecule has 0 aliphatic rings. The Morgan fingerprint density at radius 1 is 1.33 bits per heavy atom. The molecule has 0 radical (unpaired) electrons. The Kier molecular flexibility index (Phi) is 3.94. The van der Waals surface area contributed by atoms with Gasteiger partial charge in [0.05, 0.1) is 32.2 Å². The normalized spacial score (nSPS) is 11.0. The monoisotopic (exact) mass is 427 g/mol. The maximum absolute atomic E-state index is 12.8. The Morgan fingerprint density at radius 3 is 2.71 bits per heavy atom. The van der Waals surface area contributed by atoms with E-state index in [-0.39, 0.29) is 5.78 Å². The van der Waals surface area contributed by atoms with E-state index in [1.54, 1.807) is 7.11 Å². The van der Waals surface area contributed by atoms with Crippen molar-refractivity contribution in [3.05, 3.63) is 49.2 Å². The van der Waals surface area contributed by atoms with Crippen molar-refractivity contribution in [1.29, 1.82) is 0 Å². The highest BCUT2D eigenvalue weighted by Gasteiger charge is 2.21. The second kappa shape index (κ2) is 5.59. The van der Waals surface area contributed by atoms with E-state index in [0.29, 0.717) is 16.2 Å². The number of methoxy groups -OCH3 is 1. The predicted molar refractivity (Wildman–Crippen MR) is 92.6 cm³/mol. The average Bonchev–Trinajstić information content (AvgIpc) is 2.99. The lowest BCUT2D eigenvalue weighted by atomic mass is 10.1. The van der Waals surface area contributed by atoms with E-state index in [1.165, 1.54) is 11.3 Å². The van der Waals surface area contributed by atoms with Gasteiger partial charge in [0.15, 0.2) is 0 Å². The second-order valence-electron chi connectivity index (χ2n) is 4.57. The van der Waals surface area contributed by atoms with Gasteiger partial charge in [-0.15, -0.1) is 11.3 Å². The minimum atomic E-state index is 0.00139. The first-order valence-electron chi connectivity index (χ1n) is 6.14. The van der Waals surface area contributed by atoms with Crippen molar-refractivity contribution in [2.45, 2.75) is 0 Å². The maximum atomic E-state index is 12.8. The van der Waals surface area contributed by atoms with Crippen molar-refractivity contribution in [3.63, 3.8) is 0 Å². The standard InChI is InChI=1S/C15H11Br2NO2S/c1-18-7-8(13-10(18)4-3-5-11(13)20-2)14(19)12-6-9(16)15(17)21-12/h3-7H,1-2H3. The highest BCUT2D eigenvalue weighted by Crippen LogP contribution is 2.36. The van der Waals surface area contributed by atoms with Gasteiger partial charge in [-0.25, -0.2) is 0 Å². The number of hydrogen-bond donors (Lipinski definition) is 0. The van der Waals surface area contributed by atoms with Crippen LogP contribution >= 0.6 is 43.2 Å². The van der Waals surface area contributed by atoms with Gasteiger partial charge in [0.1, 0.15) is 5.75 Å². The van der Waals surface area contributed by atoms with Gasteiger partial charge in [-0.05, 0) is 50.1 Å². The van der Waals surface area contributed by atoms with Crippen LogP contribution in [-0.4, -0.2) is 17.5 Å². The highest BCUT2D eigenvalue weighted by molar-refractivity contribution is 9.13. The fourth-order valence-corrected chi connectivity index (χ4v) is 4.34. The molecule has 108 valence electrons. The van der Waals surface area contributed by atoms with Gasteiger partial charge in [0.25, 0.3) is 0 Å². The summed E-state index contributed by atoms with van der Waals surface area (Å²) in [5.74, 6) is 0.715. The van der Waals surface area contributed by atoms with E-state index in [4.69, 9.17) is 4.74 Å². The lowest BCUT2D eigenvalue weighted by molar-refractivity contribution is 0.104. The molecular formula is C15H11Br2NO2S. The number of thiophene rings is 1. The Labute approximate surface area is 142 Å². The number of hydrogen-bond acceptors (Lipinski definition) is 3. The SMILES string of the molecule is COc1cccc2c1c(C(=O)c1cc(Br)c(Br)s1)cn2C. The van der Waals surface area contributed by atoms with E-state index in [1.807, 2.05) is 42.1 Å². The molecule has 0 fully saturated rings. The van der Waals surface area contributed by atoms with Gasteiger partial charge < -0.3 is 9.30 Å². The number of carbonyl (C=O) groups excluding carboxylic acids is 1. The molecule has 3 rings (SSSR count). The van der Waals surface area contributed by atoms with Crippen molar-refractivity contribution < 1.29 is 9.53 Å². The van der Waals surface area contributed by atoms with Crippen molar-refractivity contribution in [2.75, 3.05) is 7.11 Å². The van der Waals surface area contributed by atoms with Crippen LogP contribution in [0.5, 0.6) is 5.75 Å². The first-order valence-corrected chi connectivity index (χ1v) is 8.54. The highest BCUT2D eigenvalue weighted by atomic mass is 79.9. The molecule has 1 aromatic carbocycles. The molecule has 0 atom stereocenters. The van der Waals surface area contributed by atoms with Crippen molar-refractivity contribution in [3.8, 4) is 5.75 Å². The topological polar surface area (TPSA) is 31.2 Å². The van der Waals surface area contributed by atoms with E-state index < -0.39 is 0 Å². The van der Waals surface area contributed by atoms with E-state index >= 15 is 0 Å². The number of aromatic nitrogens is 1. The molecule has 2 heterocycles. The van der Waals surface area contributed by atoms with Crippen LogP contribution in [0.15, 0.2) is 38.7 Å². The van der Waals surface area contributed by atoms with Gasteiger partial charge in [-0.1, -0.05) is 6.07 Å². The van der Waals surface area contributed by atoms with Crippen molar-refractivity contribution in [1.82, 2.24) is 4.57 Å². The summed E-state index contributed by atoms with van der Waals surface area (Å²) in [6.45, 7) is 0. The van der Waals surface area contributed by atoms with E-state index in [2.05, 4.69) is 31.9 Å². The summed E-state index contributed by atoms with van der Waals surface area (Å²) in [4.78, 5) is 13.5. The third kappa shape index (κ3) is 2.45. The maximum Gasteiger partial charge on any atom is 0.205 e. The first kappa shape index (κ1) is 14.8. The van der Waals surface area contributed by atoms with Crippen LogP contribution in [-0.2, 0) is 7.05 Å². The minimum absolute atomic E-state index is 0.00139. The predicted octanol–water partition coefficient (Wildman–Crippen LogP) is 5.00. The lowest BCUT2D eigenvalue weighted by Gasteiger charge is -2.04. The molecule has 0 N–H and O–H groups in total. The third-order valence-electron chi connectivity index (χ3n) is 3.31. The molecule has 2 aromatic heterocycles. The number of ether oxygens (including phenoxy) is 1. The van der Waals surface area contributed by atoms with Gasteiger partial charge in [-0.3, -0.25) is 4.79 Å². The van der Waals surface area contributed by atoms with Gasteiger partial charge in [0, 0.05) is 17.7 Å². The minimum Gasteiger partial charge on any atom is -0.496 e. The van der Waals surface area contributed by atoms with Crippen LogP contribution in [0.3, 0.4) is 0 Å². The lowest BCUT2D eigenvalue weighted by Crippen LogP contribution is -1.98. The number of halogens is 2. The summed E-state index contributed by atoms with van der Waals surface area (Å²) in [7, 11) is 3.55. The summed E-state index contributed by atoms with van der Waals surface area (Å²) >= 11 is 8.27. The average molecular weight is 429 g/mol. The first-order chi connectivity index (χ1) is 10.0. The van der Waals surface area contributed by atoms with Gasteiger partial charge in [0.2, 0.25) is 5.78 Å². The molecule has 3 nitrogen and oxygen atoms in total. The number of aryl methyl sites for hydroxylation is 1. The zero-order valence-corrected chi connectivity index (χ0v) is 15.3. The summed E-state index contributed by atoms with van der Waals surface area (Å²) in [6, 6.07) is 7.62. The zero-order valence-electron chi connectivity index (χ0n) is 11.3. The van der Waals surface area contributed by atoms with E-state index in [0.717, 1.165) is 19.2 Å². The van der Waals surface area contributed by atoms with Crippen molar-refractivity contribution in [2.24, 2.45) is 7.05 Å². The van der Waals surface area contributed by atoms with E-state index in [9.17, 15) is 4.79 Å². The summed E-state index contributed by atoms with van der Waals surface area (Å²) in [6.07, 6.45) is 1.86. The molecule has 0 aliphatic carbocycles. The van der Waals surface area contributed by atoms with Crippen LogP contribution < -0.4 is 4.74 Å². The number of benzene rings is 1. The molecule has 0 aliphatic heterocycles. The van der Waals surface area contributed by atoms with Gasteiger partial charge >= 0.3 is 0 Å². The van der Waals surface area contributed by atoms with Crippen LogP contribution in [0.25, 0.3) is 10.9 Å². The molecule has 0 saturated heterocycles. The molecule has 3 aromatic rings. The molecule has 0 saturated carbocycles. The van der Waals surface area contributed by atoms with Gasteiger partial charge in [-0.2, -0.15) is 0 Å². The molecule has 0 unspecified atom stereocenters. The second-order valence-corrected chi connectivity index (χ2v) is 7.79. The van der Waals surface area contributed by atoms with Crippen molar-refractivity contribution >= 4 is 59.9 Å². The van der Waals surface area contributed by atoms with Crippen LogP contribution in [0.4, 0.5) is 0 Å². The third-order valence-corrected chi connectivity index (χ3v) is 6.56. The fraction of sp³-hybridized carbons (Fsp3) is 0.133. The Bertz CT molecular complexity index is 831. The number of fused-ring (bicyclic) bond motifs is 1. The summed E-state index contributed by atoms with van der Waals surface area (Å²) in [5.41, 5.74) is 1.64. The largest absolute Gasteiger partial charge is 0.496 e. The summed E-state index contributed by atoms with van der Waals surface area (Å²) in [5, 5.41) is 0.855. The molecule has 6 heteroatoms. The number of rotatable bonds is 3. The Morgan fingerprint density at radius 2 is 2.10 bits per heavy atom. The molecule has 21 heavy (non-hydrogen) atoms. The van der Waals surface area contributed by atoms with Crippen LogP contribution in [0, 0.1) is 0 Å². The Hall–Kier alpha value is -1.11. The molecule has 0 spiro atoms. The molecular weight excluding hydrogens is 418 g/mol. The quantitative estimate of drug-likeness (QED) is 0.549. The Balaban J connectivity index is 2.22. The smallest absolute Gasteiger partial charge is 0.205 e. The fourth-order valence-electron chi connectivity index (χ4n) is 2.35. The summed E-state index contributed by atoms with van der Waals surface area (Å²) < 4.78 is 9.17. The number of nitrogens with zero attached hydrogens (tertiary/aromatic N) is 1.